The number of hydrogen-bond acceptors (Lipinski definition) is 3. The second-order valence-corrected chi connectivity index (χ2v) is 5.14. The van der Waals surface area contributed by atoms with Gasteiger partial charge in [-0.2, -0.15) is 0 Å². The lowest BCUT2D eigenvalue weighted by molar-refractivity contribution is 0.302. The molecule has 1 fully saturated rings. The SMILES string of the molecule is COc1cc(F)c(C)cc1C1CC(CN)CN1C. The smallest absolute Gasteiger partial charge is 0.129 e. The van der Waals surface area contributed by atoms with Crippen LogP contribution in [0.25, 0.3) is 0 Å². The van der Waals surface area contributed by atoms with E-state index in [2.05, 4.69) is 11.9 Å². The van der Waals surface area contributed by atoms with Gasteiger partial charge in [0.25, 0.3) is 0 Å². The number of ether oxygens (including phenoxy) is 1. The molecule has 0 spiro atoms. The van der Waals surface area contributed by atoms with Gasteiger partial charge in [0, 0.05) is 24.2 Å². The van der Waals surface area contributed by atoms with Gasteiger partial charge in [-0.05, 0) is 44.5 Å². The molecule has 1 heterocycles. The van der Waals surface area contributed by atoms with Gasteiger partial charge in [0.15, 0.2) is 0 Å². The third-order valence-corrected chi connectivity index (χ3v) is 3.84. The van der Waals surface area contributed by atoms with E-state index in [9.17, 15) is 4.39 Å². The maximum absolute atomic E-state index is 13.6. The number of benzene rings is 1. The normalized spacial score (nSPS) is 24.5. The Kier molecular flexibility index (Phi) is 3.88. The van der Waals surface area contributed by atoms with Crippen LogP contribution in [0.1, 0.15) is 23.6 Å². The van der Waals surface area contributed by atoms with Crippen molar-refractivity contribution in [1.82, 2.24) is 4.90 Å². The Labute approximate surface area is 108 Å². The molecule has 2 rings (SSSR count). The predicted molar refractivity (Wildman–Crippen MR) is 70.2 cm³/mol. The van der Waals surface area contributed by atoms with E-state index < -0.39 is 0 Å². The van der Waals surface area contributed by atoms with Crippen LogP contribution < -0.4 is 10.5 Å². The van der Waals surface area contributed by atoms with E-state index in [1.807, 2.05) is 6.07 Å². The minimum absolute atomic E-state index is 0.216. The molecule has 0 amide bonds. The van der Waals surface area contributed by atoms with Crippen molar-refractivity contribution in [2.75, 3.05) is 27.2 Å². The number of halogens is 1. The summed E-state index contributed by atoms with van der Waals surface area (Å²) in [6.45, 7) is 3.47. The monoisotopic (exact) mass is 252 g/mol. The molecule has 0 aromatic heterocycles. The Hall–Kier alpha value is -1.13. The summed E-state index contributed by atoms with van der Waals surface area (Å²) in [7, 11) is 3.67. The third kappa shape index (κ3) is 2.35. The van der Waals surface area contributed by atoms with E-state index in [-0.39, 0.29) is 11.9 Å². The van der Waals surface area contributed by atoms with Crippen LogP contribution >= 0.6 is 0 Å². The number of methoxy groups -OCH3 is 1. The standard InChI is InChI=1S/C14H21FN2O/c1-9-4-11(14(18-3)6-12(9)15)13-5-10(7-16)8-17(13)2/h4,6,10,13H,5,7-8,16H2,1-3H3. The lowest BCUT2D eigenvalue weighted by Gasteiger charge is -2.22. The largest absolute Gasteiger partial charge is 0.496 e. The maximum atomic E-state index is 13.6. The molecular formula is C14H21FN2O. The number of nitrogens with zero attached hydrogens (tertiary/aromatic N) is 1. The maximum Gasteiger partial charge on any atom is 0.129 e. The van der Waals surface area contributed by atoms with Crippen LogP contribution in [0.3, 0.4) is 0 Å². The molecule has 18 heavy (non-hydrogen) atoms. The highest BCUT2D eigenvalue weighted by Crippen LogP contribution is 2.39. The Balaban J connectivity index is 2.35. The van der Waals surface area contributed by atoms with Crippen molar-refractivity contribution in [1.29, 1.82) is 0 Å². The molecule has 2 atom stereocenters. The van der Waals surface area contributed by atoms with Crippen LogP contribution in [0.4, 0.5) is 4.39 Å². The number of rotatable bonds is 3. The molecule has 2 N–H and O–H groups in total. The van der Waals surface area contributed by atoms with Crippen LogP contribution in [0.5, 0.6) is 5.75 Å². The number of aryl methyl sites for hydroxylation is 1. The molecule has 0 bridgehead atoms. The Morgan fingerprint density at radius 3 is 2.78 bits per heavy atom. The van der Waals surface area contributed by atoms with E-state index in [4.69, 9.17) is 10.5 Å². The lowest BCUT2D eigenvalue weighted by Crippen LogP contribution is -2.21. The topological polar surface area (TPSA) is 38.5 Å². The summed E-state index contributed by atoms with van der Waals surface area (Å²) in [5.41, 5.74) is 7.47. The first kappa shape index (κ1) is 13.3. The molecule has 4 heteroatoms. The molecule has 3 nitrogen and oxygen atoms in total. The van der Waals surface area contributed by atoms with Gasteiger partial charge in [0.1, 0.15) is 11.6 Å². The van der Waals surface area contributed by atoms with E-state index in [0.29, 0.717) is 23.8 Å². The van der Waals surface area contributed by atoms with E-state index >= 15 is 0 Å². The van der Waals surface area contributed by atoms with Gasteiger partial charge in [-0.15, -0.1) is 0 Å². The first-order chi connectivity index (χ1) is 8.56. The lowest BCUT2D eigenvalue weighted by atomic mass is 9.97. The fraction of sp³-hybridized carbons (Fsp3) is 0.571. The van der Waals surface area contributed by atoms with Crippen molar-refractivity contribution in [3.63, 3.8) is 0 Å². The zero-order valence-corrected chi connectivity index (χ0v) is 11.2. The van der Waals surface area contributed by atoms with Crippen molar-refractivity contribution < 1.29 is 9.13 Å². The molecule has 1 aromatic carbocycles. The summed E-state index contributed by atoms with van der Waals surface area (Å²) in [4.78, 5) is 2.27. The Bertz CT molecular complexity index is 436. The van der Waals surface area contributed by atoms with Gasteiger partial charge in [0.05, 0.1) is 7.11 Å². The summed E-state index contributed by atoms with van der Waals surface area (Å²) in [6, 6.07) is 3.65. The second kappa shape index (κ2) is 5.24. The Morgan fingerprint density at radius 1 is 1.50 bits per heavy atom. The number of nitrogens with two attached hydrogens (primary N) is 1. The van der Waals surface area contributed by atoms with Gasteiger partial charge in [0.2, 0.25) is 0 Å². The molecule has 1 aliphatic heterocycles. The minimum Gasteiger partial charge on any atom is -0.496 e. The molecular weight excluding hydrogens is 231 g/mol. The van der Waals surface area contributed by atoms with E-state index in [1.54, 1.807) is 14.0 Å². The fourth-order valence-electron chi connectivity index (χ4n) is 2.76. The highest BCUT2D eigenvalue weighted by molar-refractivity contribution is 5.40. The minimum atomic E-state index is -0.216. The molecule has 2 unspecified atom stereocenters. The van der Waals surface area contributed by atoms with Crippen LogP contribution in [0.2, 0.25) is 0 Å². The first-order valence-corrected chi connectivity index (χ1v) is 6.31. The van der Waals surface area contributed by atoms with Gasteiger partial charge in [-0.3, -0.25) is 4.90 Å². The molecule has 1 aromatic rings. The molecule has 100 valence electrons. The molecule has 0 radical (unpaired) electrons. The van der Waals surface area contributed by atoms with Crippen molar-refractivity contribution in [2.24, 2.45) is 11.7 Å². The molecule has 0 saturated carbocycles. The van der Waals surface area contributed by atoms with Gasteiger partial charge >= 0.3 is 0 Å². The quantitative estimate of drug-likeness (QED) is 0.895. The number of hydrogen-bond donors (Lipinski definition) is 1. The Morgan fingerprint density at radius 2 is 2.22 bits per heavy atom. The van der Waals surface area contributed by atoms with Crippen molar-refractivity contribution in [2.45, 2.75) is 19.4 Å². The summed E-state index contributed by atoms with van der Waals surface area (Å²) < 4.78 is 18.9. The molecule has 0 aliphatic carbocycles. The average Bonchev–Trinajstić information content (AvgIpc) is 2.73. The van der Waals surface area contributed by atoms with Crippen LogP contribution in [-0.2, 0) is 0 Å². The van der Waals surface area contributed by atoms with Crippen molar-refractivity contribution >= 4 is 0 Å². The molecule has 1 saturated heterocycles. The highest BCUT2D eigenvalue weighted by atomic mass is 19.1. The fourth-order valence-corrected chi connectivity index (χ4v) is 2.76. The summed E-state index contributed by atoms with van der Waals surface area (Å²) in [5, 5.41) is 0. The summed E-state index contributed by atoms with van der Waals surface area (Å²) >= 11 is 0. The summed E-state index contributed by atoms with van der Waals surface area (Å²) in [5.74, 6) is 0.925. The van der Waals surface area contributed by atoms with E-state index in [1.165, 1.54) is 6.07 Å². The highest BCUT2D eigenvalue weighted by Gasteiger charge is 2.31. The second-order valence-electron chi connectivity index (χ2n) is 5.14. The molecule has 1 aliphatic rings. The number of likely N-dealkylation sites (tertiary alicyclic amines) is 1. The van der Waals surface area contributed by atoms with Gasteiger partial charge < -0.3 is 10.5 Å². The average molecular weight is 252 g/mol. The zero-order chi connectivity index (χ0) is 13.3. The summed E-state index contributed by atoms with van der Waals surface area (Å²) in [6.07, 6.45) is 1.01. The van der Waals surface area contributed by atoms with Crippen LogP contribution in [0, 0.1) is 18.7 Å². The zero-order valence-electron chi connectivity index (χ0n) is 11.2. The first-order valence-electron chi connectivity index (χ1n) is 6.31. The van der Waals surface area contributed by atoms with Crippen molar-refractivity contribution in [3.8, 4) is 5.75 Å². The van der Waals surface area contributed by atoms with Gasteiger partial charge in [-0.25, -0.2) is 4.39 Å². The van der Waals surface area contributed by atoms with Crippen LogP contribution in [0.15, 0.2) is 12.1 Å². The third-order valence-electron chi connectivity index (χ3n) is 3.84. The van der Waals surface area contributed by atoms with E-state index in [0.717, 1.165) is 18.5 Å². The van der Waals surface area contributed by atoms with Crippen LogP contribution in [-0.4, -0.2) is 32.1 Å². The van der Waals surface area contributed by atoms with Crippen molar-refractivity contribution in [3.05, 3.63) is 29.1 Å². The predicted octanol–water partition coefficient (Wildman–Crippen LogP) is 2.09. The van der Waals surface area contributed by atoms with Gasteiger partial charge in [-0.1, -0.05) is 0 Å².